The van der Waals surface area contributed by atoms with E-state index in [1.165, 1.54) is 16.7 Å². The second kappa shape index (κ2) is 7.09. The lowest BCUT2D eigenvalue weighted by atomic mass is 10.0. The minimum Gasteiger partial charge on any atom is -0.331 e. The molecule has 4 rings (SSSR count). The van der Waals surface area contributed by atoms with Crippen molar-refractivity contribution in [3.63, 3.8) is 0 Å². The third kappa shape index (κ3) is 3.65. The van der Waals surface area contributed by atoms with Gasteiger partial charge < -0.3 is 15.2 Å². The van der Waals surface area contributed by atoms with Crippen LogP contribution in [0, 0.1) is 6.92 Å². The van der Waals surface area contributed by atoms with Gasteiger partial charge in [0, 0.05) is 25.5 Å². The number of imidazole rings is 1. The van der Waals surface area contributed by atoms with Crippen LogP contribution in [0.25, 0.3) is 0 Å². The molecule has 0 saturated carbocycles. The van der Waals surface area contributed by atoms with Crippen molar-refractivity contribution in [3.05, 3.63) is 77.0 Å². The van der Waals surface area contributed by atoms with E-state index in [2.05, 4.69) is 45.7 Å². The van der Waals surface area contributed by atoms with Gasteiger partial charge in [-0.3, -0.25) is 9.78 Å². The predicted octanol–water partition coefficient (Wildman–Crippen LogP) is 2.53. The molecule has 0 atom stereocenters. The van der Waals surface area contributed by atoms with Crippen molar-refractivity contribution in [1.29, 1.82) is 0 Å². The molecule has 1 aliphatic heterocycles. The summed E-state index contributed by atoms with van der Waals surface area (Å²) in [6.07, 6.45) is 6.27. The van der Waals surface area contributed by atoms with Crippen molar-refractivity contribution < 1.29 is 4.79 Å². The maximum absolute atomic E-state index is 12.5. The number of carbonyl (C=O) groups is 1. The number of aryl methyl sites for hydroxylation is 1. The number of aromatic nitrogens is 3. The van der Waals surface area contributed by atoms with Gasteiger partial charge in [-0.2, -0.15) is 0 Å². The highest BCUT2D eigenvalue weighted by Crippen LogP contribution is 2.15. The van der Waals surface area contributed by atoms with Crippen molar-refractivity contribution in [3.8, 4) is 0 Å². The summed E-state index contributed by atoms with van der Waals surface area (Å²) in [5, 5.41) is 6.14. The average Bonchev–Trinajstić information content (AvgIpc) is 3.08. The van der Waals surface area contributed by atoms with Crippen LogP contribution in [0.2, 0.25) is 0 Å². The molecule has 1 aromatic carbocycles. The first-order chi connectivity index (χ1) is 12.7. The van der Waals surface area contributed by atoms with Crippen LogP contribution in [0.1, 0.15) is 32.7 Å². The van der Waals surface area contributed by atoms with E-state index in [-0.39, 0.29) is 5.91 Å². The molecule has 0 fully saturated rings. The van der Waals surface area contributed by atoms with Gasteiger partial charge in [-0.25, -0.2) is 4.98 Å². The highest BCUT2D eigenvalue weighted by atomic mass is 16.1. The van der Waals surface area contributed by atoms with Crippen molar-refractivity contribution in [2.24, 2.45) is 0 Å². The molecule has 0 spiro atoms. The van der Waals surface area contributed by atoms with Gasteiger partial charge in [0.1, 0.15) is 5.69 Å². The topological polar surface area (TPSA) is 71.8 Å². The Morgan fingerprint density at radius 3 is 3.08 bits per heavy atom. The van der Waals surface area contributed by atoms with E-state index < -0.39 is 0 Å². The van der Waals surface area contributed by atoms with Gasteiger partial charge in [0.05, 0.1) is 6.33 Å². The first-order valence-corrected chi connectivity index (χ1v) is 8.74. The fourth-order valence-corrected chi connectivity index (χ4v) is 3.20. The lowest BCUT2D eigenvalue weighted by Gasteiger charge is -2.16. The van der Waals surface area contributed by atoms with Crippen molar-refractivity contribution in [1.82, 2.24) is 19.9 Å². The van der Waals surface area contributed by atoms with E-state index in [0.29, 0.717) is 18.1 Å². The molecule has 0 unspecified atom stereocenters. The maximum Gasteiger partial charge on any atom is 0.275 e. The fourth-order valence-electron chi connectivity index (χ4n) is 3.20. The zero-order chi connectivity index (χ0) is 17.9. The van der Waals surface area contributed by atoms with Gasteiger partial charge in [0.25, 0.3) is 5.91 Å². The largest absolute Gasteiger partial charge is 0.331 e. The van der Waals surface area contributed by atoms with E-state index in [9.17, 15) is 4.79 Å². The van der Waals surface area contributed by atoms with E-state index in [4.69, 9.17) is 0 Å². The van der Waals surface area contributed by atoms with Crippen molar-refractivity contribution in [2.75, 3.05) is 11.9 Å². The number of hydrogen-bond donors (Lipinski definition) is 2. The monoisotopic (exact) mass is 347 g/mol. The number of hydrogen-bond acceptors (Lipinski definition) is 4. The second-order valence-electron chi connectivity index (χ2n) is 6.64. The number of anilines is 1. The van der Waals surface area contributed by atoms with Crippen LogP contribution in [0.4, 0.5) is 5.82 Å². The molecule has 132 valence electrons. The number of nitrogens with one attached hydrogen (secondary N) is 2. The maximum atomic E-state index is 12.5. The van der Waals surface area contributed by atoms with E-state index in [0.717, 1.165) is 25.1 Å². The molecular weight excluding hydrogens is 326 g/mol. The smallest absolute Gasteiger partial charge is 0.275 e. The number of fused-ring (bicyclic) bond motifs is 1. The van der Waals surface area contributed by atoms with Gasteiger partial charge >= 0.3 is 0 Å². The van der Waals surface area contributed by atoms with Gasteiger partial charge in [-0.05, 0) is 42.6 Å². The Balaban J connectivity index is 1.44. The van der Waals surface area contributed by atoms with E-state index in [1.807, 2.05) is 22.9 Å². The summed E-state index contributed by atoms with van der Waals surface area (Å²) < 4.78 is 1.95. The van der Waals surface area contributed by atoms with E-state index in [1.54, 1.807) is 12.5 Å². The summed E-state index contributed by atoms with van der Waals surface area (Å²) in [5.74, 6) is 0.302. The molecule has 0 radical (unpaired) electrons. The van der Waals surface area contributed by atoms with Crippen LogP contribution in [0.3, 0.4) is 0 Å². The Morgan fingerprint density at radius 2 is 2.19 bits per heavy atom. The minimum absolute atomic E-state index is 0.230. The first-order valence-electron chi connectivity index (χ1n) is 8.74. The lowest BCUT2D eigenvalue weighted by molar-refractivity contribution is 0.102. The fraction of sp³-hybridized carbons (Fsp3) is 0.250. The van der Waals surface area contributed by atoms with Gasteiger partial charge in [0.2, 0.25) is 0 Å². The third-order valence-corrected chi connectivity index (χ3v) is 4.52. The number of nitrogens with zero attached hydrogens (tertiary/aromatic N) is 3. The number of rotatable bonds is 4. The van der Waals surface area contributed by atoms with Crippen LogP contribution in [-0.2, 0) is 19.5 Å². The molecule has 6 nitrogen and oxygen atoms in total. The van der Waals surface area contributed by atoms with Crippen molar-refractivity contribution in [2.45, 2.75) is 26.4 Å². The lowest BCUT2D eigenvalue weighted by Crippen LogP contribution is -2.25. The Morgan fingerprint density at radius 1 is 1.27 bits per heavy atom. The molecule has 3 heterocycles. The Bertz CT molecular complexity index is 947. The number of benzene rings is 1. The molecule has 0 aliphatic carbocycles. The van der Waals surface area contributed by atoms with Crippen LogP contribution in [-0.4, -0.2) is 27.0 Å². The van der Waals surface area contributed by atoms with Gasteiger partial charge in [-0.1, -0.05) is 29.8 Å². The summed E-state index contributed by atoms with van der Waals surface area (Å²) in [6, 6.07) is 10.2. The standard InChI is InChI=1S/C20H21N5O/c1-14-3-2-4-15(7-14)11-25-12-19(23-13-25)24-20(26)18-8-16-5-6-21-9-17(16)10-22-18/h2-4,7-8,10,12-13,21H,5-6,9,11H2,1H3,(H,24,26). The number of carbonyl (C=O) groups excluding carboxylic acids is 1. The summed E-state index contributed by atoms with van der Waals surface area (Å²) in [4.78, 5) is 21.0. The summed E-state index contributed by atoms with van der Waals surface area (Å²) in [6.45, 7) is 4.54. The quantitative estimate of drug-likeness (QED) is 0.761. The van der Waals surface area contributed by atoms with Crippen molar-refractivity contribution >= 4 is 11.7 Å². The third-order valence-electron chi connectivity index (χ3n) is 4.52. The van der Waals surface area contributed by atoms with Crippen LogP contribution in [0.5, 0.6) is 0 Å². The van der Waals surface area contributed by atoms with E-state index >= 15 is 0 Å². The summed E-state index contributed by atoms with van der Waals surface area (Å²) in [7, 11) is 0. The SMILES string of the molecule is Cc1cccc(Cn2cnc(NC(=O)c3cc4c(cn3)CNCC4)c2)c1. The zero-order valence-electron chi connectivity index (χ0n) is 14.7. The molecule has 0 saturated heterocycles. The molecule has 0 bridgehead atoms. The number of pyridine rings is 1. The molecular formula is C20H21N5O. The van der Waals surface area contributed by atoms with Gasteiger partial charge in [-0.15, -0.1) is 0 Å². The first kappa shape index (κ1) is 16.5. The molecule has 2 aromatic heterocycles. The Hall–Kier alpha value is -2.99. The highest BCUT2D eigenvalue weighted by Gasteiger charge is 2.14. The van der Waals surface area contributed by atoms with Crippen LogP contribution >= 0.6 is 0 Å². The molecule has 1 amide bonds. The summed E-state index contributed by atoms with van der Waals surface area (Å²) in [5.41, 5.74) is 5.21. The second-order valence-corrected chi connectivity index (χ2v) is 6.64. The molecule has 26 heavy (non-hydrogen) atoms. The molecule has 1 aliphatic rings. The summed E-state index contributed by atoms with van der Waals surface area (Å²) >= 11 is 0. The predicted molar refractivity (Wildman–Crippen MR) is 100 cm³/mol. The van der Waals surface area contributed by atoms with Crippen LogP contribution < -0.4 is 10.6 Å². The zero-order valence-corrected chi connectivity index (χ0v) is 14.7. The van der Waals surface area contributed by atoms with Gasteiger partial charge in [0.15, 0.2) is 5.82 Å². The molecule has 6 heteroatoms. The van der Waals surface area contributed by atoms with Crippen LogP contribution in [0.15, 0.2) is 49.1 Å². The average molecular weight is 347 g/mol. The Labute approximate surface area is 152 Å². The number of amides is 1. The minimum atomic E-state index is -0.230. The normalized spacial score (nSPS) is 13.3. The molecule has 3 aromatic rings. The molecule has 2 N–H and O–H groups in total. The Kier molecular flexibility index (Phi) is 4.50. The highest BCUT2D eigenvalue weighted by molar-refractivity contribution is 6.02.